The minimum Gasteiger partial charge on any atom is -0.324 e. The summed E-state index contributed by atoms with van der Waals surface area (Å²) in [6.45, 7) is 4.61. The zero-order valence-electron chi connectivity index (χ0n) is 15.9. The van der Waals surface area contributed by atoms with Gasteiger partial charge in [0.2, 0.25) is 0 Å². The van der Waals surface area contributed by atoms with Crippen molar-refractivity contribution < 1.29 is 0 Å². The standard InChI is InChI=1S/C23H24N4/c1-23(2,15-24)16-27-21(17-8-4-3-5-9-17)13-18-12-19(14-26-22(18)27)20-10-6-7-11-25-20/h6-8,10-14H,3-5,9,16H2,1-2H3. The maximum atomic E-state index is 9.55. The Morgan fingerprint density at radius 1 is 1.19 bits per heavy atom. The molecule has 0 radical (unpaired) electrons. The van der Waals surface area contributed by atoms with Crippen LogP contribution in [0.15, 0.2) is 48.8 Å². The summed E-state index contributed by atoms with van der Waals surface area (Å²) in [5.74, 6) is 0. The van der Waals surface area contributed by atoms with Gasteiger partial charge in [0.1, 0.15) is 5.65 Å². The number of aromatic nitrogens is 3. The smallest absolute Gasteiger partial charge is 0.140 e. The summed E-state index contributed by atoms with van der Waals surface area (Å²) in [5.41, 5.74) is 5.03. The topological polar surface area (TPSA) is 54.5 Å². The fourth-order valence-corrected chi connectivity index (χ4v) is 3.75. The second-order valence-corrected chi connectivity index (χ2v) is 7.94. The van der Waals surface area contributed by atoms with Gasteiger partial charge in [0.05, 0.1) is 17.2 Å². The molecule has 0 spiro atoms. The highest BCUT2D eigenvalue weighted by molar-refractivity contribution is 5.86. The maximum absolute atomic E-state index is 9.55. The summed E-state index contributed by atoms with van der Waals surface area (Å²) in [5, 5.41) is 10.7. The van der Waals surface area contributed by atoms with Gasteiger partial charge in [-0.05, 0) is 69.4 Å². The Kier molecular flexibility index (Phi) is 4.53. The molecule has 4 nitrogen and oxygen atoms in total. The van der Waals surface area contributed by atoms with Crippen molar-refractivity contribution >= 4 is 16.6 Å². The Morgan fingerprint density at radius 2 is 2.07 bits per heavy atom. The fourth-order valence-electron chi connectivity index (χ4n) is 3.75. The fraction of sp³-hybridized carbons (Fsp3) is 0.348. The van der Waals surface area contributed by atoms with Gasteiger partial charge < -0.3 is 4.57 Å². The second-order valence-electron chi connectivity index (χ2n) is 7.94. The lowest BCUT2D eigenvalue weighted by Gasteiger charge is -2.21. The quantitative estimate of drug-likeness (QED) is 0.611. The molecule has 0 aliphatic heterocycles. The average Bonchev–Trinajstić information content (AvgIpc) is 3.06. The van der Waals surface area contributed by atoms with Crippen LogP contribution in [-0.2, 0) is 6.54 Å². The number of allylic oxidation sites excluding steroid dienone is 2. The Labute approximate surface area is 160 Å². The molecule has 27 heavy (non-hydrogen) atoms. The first kappa shape index (κ1) is 17.5. The van der Waals surface area contributed by atoms with Gasteiger partial charge in [0.15, 0.2) is 0 Å². The minimum absolute atomic E-state index is 0.447. The van der Waals surface area contributed by atoms with Crippen LogP contribution in [-0.4, -0.2) is 14.5 Å². The van der Waals surface area contributed by atoms with E-state index in [4.69, 9.17) is 4.98 Å². The van der Waals surface area contributed by atoms with Crippen molar-refractivity contribution in [1.82, 2.24) is 14.5 Å². The van der Waals surface area contributed by atoms with Gasteiger partial charge in [-0.25, -0.2) is 4.98 Å². The van der Waals surface area contributed by atoms with Crippen LogP contribution in [0.5, 0.6) is 0 Å². The molecule has 4 heteroatoms. The van der Waals surface area contributed by atoms with Crippen LogP contribution < -0.4 is 0 Å². The summed E-state index contributed by atoms with van der Waals surface area (Å²) in [4.78, 5) is 9.22. The number of hydrogen-bond acceptors (Lipinski definition) is 3. The summed E-state index contributed by atoms with van der Waals surface area (Å²) in [6, 6.07) is 12.7. The van der Waals surface area contributed by atoms with Gasteiger partial charge in [-0.1, -0.05) is 12.1 Å². The first-order valence-corrected chi connectivity index (χ1v) is 9.59. The van der Waals surface area contributed by atoms with Crippen LogP contribution in [0.4, 0.5) is 0 Å². The van der Waals surface area contributed by atoms with Crippen molar-refractivity contribution in [3.63, 3.8) is 0 Å². The molecule has 0 amide bonds. The molecule has 0 fully saturated rings. The normalized spacial score (nSPS) is 14.8. The summed E-state index contributed by atoms with van der Waals surface area (Å²) >= 11 is 0. The predicted molar refractivity (Wildman–Crippen MR) is 109 cm³/mol. The van der Waals surface area contributed by atoms with Crippen molar-refractivity contribution in [1.29, 1.82) is 5.26 Å². The number of nitriles is 1. The lowest BCUT2D eigenvalue weighted by molar-refractivity contribution is 0.413. The predicted octanol–water partition coefficient (Wildman–Crippen LogP) is 5.61. The van der Waals surface area contributed by atoms with Crippen LogP contribution in [0.3, 0.4) is 0 Å². The first-order chi connectivity index (χ1) is 13.1. The second kappa shape index (κ2) is 7.00. The SMILES string of the molecule is CC(C)(C#N)Cn1c(C2=CCCCC2)cc2cc(-c3ccccn3)cnc21. The molecule has 3 aromatic rings. The summed E-state index contributed by atoms with van der Waals surface area (Å²) in [7, 11) is 0. The molecule has 0 aromatic carbocycles. The number of rotatable bonds is 4. The van der Waals surface area contributed by atoms with Gasteiger partial charge in [0.25, 0.3) is 0 Å². The van der Waals surface area contributed by atoms with Crippen LogP contribution >= 0.6 is 0 Å². The van der Waals surface area contributed by atoms with E-state index in [1.807, 2.05) is 38.2 Å². The average molecular weight is 356 g/mol. The van der Waals surface area contributed by atoms with Gasteiger partial charge in [-0.2, -0.15) is 5.26 Å². The van der Waals surface area contributed by atoms with Crippen molar-refractivity contribution in [2.24, 2.45) is 5.41 Å². The Hall–Kier alpha value is -2.93. The van der Waals surface area contributed by atoms with Crippen LogP contribution in [0.25, 0.3) is 27.9 Å². The molecular weight excluding hydrogens is 332 g/mol. The molecule has 3 aromatic heterocycles. The highest BCUT2D eigenvalue weighted by atomic mass is 15.1. The zero-order chi connectivity index (χ0) is 18.9. The van der Waals surface area contributed by atoms with E-state index in [9.17, 15) is 5.26 Å². The molecule has 0 bridgehead atoms. The third kappa shape index (κ3) is 3.50. The molecule has 0 atom stereocenters. The Bertz CT molecular complexity index is 1040. The molecule has 3 heterocycles. The van der Waals surface area contributed by atoms with Crippen molar-refractivity contribution in [2.75, 3.05) is 0 Å². The van der Waals surface area contributed by atoms with Crippen molar-refractivity contribution in [3.05, 3.63) is 54.5 Å². The molecule has 0 unspecified atom stereocenters. The van der Waals surface area contributed by atoms with Crippen molar-refractivity contribution in [2.45, 2.75) is 46.1 Å². The summed E-state index contributed by atoms with van der Waals surface area (Å²) in [6.07, 6.45) is 10.8. The van der Waals surface area contributed by atoms with Crippen LogP contribution in [0.1, 0.15) is 45.2 Å². The number of fused-ring (bicyclic) bond motifs is 1. The molecule has 0 saturated carbocycles. The first-order valence-electron chi connectivity index (χ1n) is 9.59. The van der Waals surface area contributed by atoms with E-state index >= 15 is 0 Å². The van der Waals surface area contributed by atoms with Crippen molar-refractivity contribution in [3.8, 4) is 17.3 Å². The van der Waals surface area contributed by atoms with E-state index in [1.165, 1.54) is 24.1 Å². The molecule has 4 rings (SSSR count). The number of nitrogens with zero attached hydrogens (tertiary/aromatic N) is 4. The molecule has 0 saturated heterocycles. The van der Waals surface area contributed by atoms with Crippen LogP contribution in [0.2, 0.25) is 0 Å². The monoisotopic (exact) mass is 356 g/mol. The lowest BCUT2D eigenvalue weighted by atomic mass is 9.94. The van der Waals surface area contributed by atoms with Crippen LogP contribution in [0, 0.1) is 16.7 Å². The Morgan fingerprint density at radius 3 is 2.78 bits per heavy atom. The van der Waals surface area contributed by atoms with Gasteiger partial charge in [-0.3, -0.25) is 4.98 Å². The molecule has 1 aliphatic rings. The van der Waals surface area contributed by atoms with E-state index in [-0.39, 0.29) is 0 Å². The molecule has 1 aliphatic carbocycles. The molecule has 0 N–H and O–H groups in total. The molecular formula is C23H24N4. The third-order valence-electron chi connectivity index (χ3n) is 5.17. The number of hydrogen-bond donors (Lipinski definition) is 0. The number of pyridine rings is 2. The van der Waals surface area contributed by atoms with E-state index in [2.05, 4.69) is 33.8 Å². The Balaban J connectivity index is 1.86. The zero-order valence-corrected chi connectivity index (χ0v) is 15.9. The van der Waals surface area contributed by atoms with E-state index < -0.39 is 5.41 Å². The summed E-state index contributed by atoms with van der Waals surface area (Å²) < 4.78 is 2.23. The maximum Gasteiger partial charge on any atom is 0.140 e. The highest BCUT2D eigenvalue weighted by Crippen LogP contribution is 2.34. The lowest BCUT2D eigenvalue weighted by Crippen LogP contribution is -2.19. The van der Waals surface area contributed by atoms with E-state index in [0.29, 0.717) is 6.54 Å². The van der Waals surface area contributed by atoms with Gasteiger partial charge >= 0.3 is 0 Å². The van der Waals surface area contributed by atoms with E-state index in [1.54, 1.807) is 6.20 Å². The minimum atomic E-state index is -0.447. The van der Waals surface area contributed by atoms with Gasteiger partial charge in [0, 0.05) is 35.6 Å². The largest absolute Gasteiger partial charge is 0.324 e. The molecule has 136 valence electrons. The van der Waals surface area contributed by atoms with Gasteiger partial charge in [-0.15, -0.1) is 0 Å². The third-order valence-corrected chi connectivity index (χ3v) is 5.17. The van der Waals surface area contributed by atoms with E-state index in [0.717, 1.165) is 35.1 Å². The highest BCUT2D eigenvalue weighted by Gasteiger charge is 2.23.